The van der Waals surface area contributed by atoms with Gasteiger partial charge in [0.1, 0.15) is 17.2 Å². The number of aromatic nitrogens is 6. The van der Waals surface area contributed by atoms with Crippen LogP contribution in [0.5, 0.6) is 0 Å². The maximum absolute atomic E-state index is 14.3. The fourth-order valence-corrected chi connectivity index (χ4v) is 4.48. The van der Waals surface area contributed by atoms with Gasteiger partial charge >= 0.3 is 11.8 Å². The van der Waals surface area contributed by atoms with Crippen molar-refractivity contribution in [3.63, 3.8) is 0 Å². The molecule has 1 fully saturated rings. The van der Waals surface area contributed by atoms with Crippen molar-refractivity contribution in [3.05, 3.63) is 64.6 Å². The van der Waals surface area contributed by atoms with Crippen LogP contribution >= 0.6 is 11.3 Å². The highest BCUT2D eigenvalue weighted by atomic mass is 32.1. The van der Waals surface area contributed by atoms with E-state index in [1.807, 2.05) is 12.1 Å². The fraction of sp³-hybridized carbons (Fsp3) is 0.238. The minimum atomic E-state index is -1.06. The fourth-order valence-electron chi connectivity index (χ4n) is 3.56. The van der Waals surface area contributed by atoms with E-state index in [0.717, 1.165) is 16.2 Å². The maximum Gasteiger partial charge on any atom is 0.416 e. The average Bonchev–Trinajstić information content (AvgIpc) is 3.45. The van der Waals surface area contributed by atoms with Crippen molar-refractivity contribution in [2.24, 2.45) is 0 Å². The zero-order valence-corrected chi connectivity index (χ0v) is 18.2. The molecule has 4 aromatic heterocycles. The molecular formula is C21H18FN7O3S. The lowest BCUT2D eigenvalue weighted by Crippen LogP contribution is -2.44. The predicted octanol–water partition coefficient (Wildman–Crippen LogP) is 3.47. The van der Waals surface area contributed by atoms with Gasteiger partial charge < -0.3 is 4.74 Å². The van der Waals surface area contributed by atoms with Crippen molar-refractivity contribution >= 4 is 23.2 Å². The molecule has 12 heteroatoms. The summed E-state index contributed by atoms with van der Waals surface area (Å²) in [7, 11) is 1.52. The highest BCUT2D eigenvalue weighted by molar-refractivity contribution is 7.18. The molecule has 10 nitrogen and oxygen atoms in total. The number of anilines is 1. The number of nitrogens with one attached hydrogen (secondary N) is 2. The SMILES string of the molecule is CN(C(=O)OC1(c2ncccc2F)CCC1)c1ccc(-c2ccc(-c3n[nH]c(=O)[nH]3)s2)nn1. The molecule has 0 bridgehead atoms. The largest absolute Gasteiger partial charge is 0.436 e. The Morgan fingerprint density at radius 1 is 1.18 bits per heavy atom. The summed E-state index contributed by atoms with van der Waals surface area (Å²) in [5.74, 6) is 0.233. The van der Waals surface area contributed by atoms with Crippen molar-refractivity contribution < 1.29 is 13.9 Å². The molecule has 168 valence electrons. The van der Waals surface area contributed by atoms with Crippen LogP contribution in [0, 0.1) is 5.82 Å². The van der Waals surface area contributed by atoms with E-state index in [4.69, 9.17) is 4.74 Å². The molecule has 0 aliphatic heterocycles. The molecule has 1 saturated carbocycles. The number of thiophene rings is 1. The Balaban J connectivity index is 1.31. The number of carbonyl (C=O) groups is 1. The Hall–Kier alpha value is -3.93. The van der Waals surface area contributed by atoms with E-state index in [0.29, 0.717) is 24.4 Å². The van der Waals surface area contributed by atoms with Crippen molar-refractivity contribution in [2.75, 3.05) is 11.9 Å². The Labute approximate surface area is 190 Å². The molecule has 0 aromatic carbocycles. The molecule has 0 radical (unpaired) electrons. The molecule has 0 unspecified atom stereocenters. The van der Waals surface area contributed by atoms with Crippen LogP contribution in [0.2, 0.25) is 0 Å². The Kier molecular flexibility index (Phi) is 5.21. The summed E-state index contributed by atoms with van der Waals surface area (Å²) in [5, 5.41) is 14.6. The van der Waals surface area contributed by atoms with Gasteiger partial charge in [0.2, 0.25) is 0 Å². The van der Waals surface area contributed by atoms with E-state index in [1.165, 1.54) is 41.6 Å². The van der Waals surface area contributed by atoms with E-state index < -0.39 is 17.5 Å². The van der Waals surface area contributed by atoms with Gasteiger partial charge in [0.15, 0.2) is 17.2 Å². The van der Waals surface area contributed by atoms with Gasteiger partial charge in [0, 0.05) is 13.2 Å². The first-order valence-electron chi connectivity index (χ1n) is 10.1. The second kappa shape index (κ2) is 8.20. The van der Waals surface area contributed by atoms with Crippen LogP contribution in [0.25, 0.3) is 21.3 Å². The van der Waals surface area contributed by atoms with Gasteiger partial charge in [-0.05, 0) is 55.7 Å². The van der Waals surface area contributed by atoms with Crippen LogP contribution in [0.4, 0.5) is 15.0 Å². The number of ether oxygens (including phenoxy) is 1. The predicted molar refractivity (Wildman–Crippen MR) is 118 cm³/mol. The van der Waals surface area contributed by atoms with Gasteiger partial charge in [-0.1, -0.05) is 0 Å². The second-order valence-corrected chi connectivity index (χ2v) is 8.66. The van der Waals surface area contributed by atoms with Crippen LogP contribution in [-0.4, -0.2) is 43.5 Å². The zero-order chi connectivity index (χ0) is 23.0. The van der Waals surface area contributed by atoms with Gasteiger partial charge in [-0.15, -0.1) is 21.5 Å². The van der Waals surface area contributed by atoms with Crippen molar-refractivity contribution in [2.45, 2.75) is 24.9 Å². The number of hydrogen-bond acceptors (Lipinski definition) is 8. The third-order valence-electron chi connectivity index (χ3n) is 5.49. The number of amides is 1. The van der Waals surface area contributed by atoms with E-state index >= 15 is 0 Å². The lowest BCUT2D eigenvalue weighted by atomic mass is 9.77. The molecule has 1 amide bonds. The molecule has 0 atom stereocenters. The number of pyridine rings is 1. The van der Waals surface area contributed by atoms with Gasteiger partial charge in [-0.3, -0.25) is 14.9 Å². The minimum absolute atomic E-state index is 0.145. The van der Waals surface area contributed by atoms with Gasteiger partial charge in [-0.2, -0.15) is 5.10 Å². The third kappa shape index (κ3) is 3.89. The van der Waals surface area contributed by atoms with E-state index in [-0.39, 0.29) is 17.2 Å². The molecule has 0 saturated heterocycles. The normalized spacial score (nSPS) is 14.5. The number of halogens is 1. The number of nitrogens with zero attached hydrogens (tertiary/aromatic N) is 5. The average molecular weight is 467 g/mol. The summed E-state index contributed by atoms with van der Waals surface area (Å²) >= 11 is 1.39. The first-order valence-corrected chi connectivity index (χ1v) is 10.9. The summed E-state index contributed by atoms with van der Waals surface area (Å²) in [6.45, 7) is 0. The van der Waals surface area contributed by atoms with E-state index in [9.17, 15) is 14.0 Å². The second-order valence-electron chi connectivity index (χ2n) is 7.58. The summed E-state index contributed by atoms with van der Waals surface area (Å²) in [6, 6.07) is 9.85. The smallest absolute Gasteiger partial charge is 0.416 e. The molecule has 4 heterocycles. The van der Waals surface area contributed by atoms with Crippen LogP contribution in [-0.2, 0) is 10.3 Å². The molecule has 1 aliphatic rings. The van der Waals surface area contributed by atoms with Crippen LogP contribution < -0.4 is 10.6 Å². The number of H-pyrrole nitrogens is 2. The number of rotatable bonds is 5. The molecule has 1 aliphatic carbocycles. The van der Waals surface area contributed by atoms with Gasteiger partial charge in [-0.25, -0.2) is 19.1 Å². The van der Waals surface area contributed by atoms with Crippen LogP contribution in [0.15, 0.2) is 47.4 Å². The highest BCUT2D eigenvalue weighted by Crippen LogP contribution is 2.45. The Morgan fingerprint density at radius 2 is 2.00 bits per heavy atom. The monoisotopic (exact) mass is 467 g/mol. The van der Waals surface area contributed by atoms with Crippen LogP contribution in [0.3, 0.4) is 0 Å². The highest BCUT2D eigenvalue weighted by Gasteiger charge is 2.46. The Morgan fingerprint density at radius 3 is 2.64 bits per heavy atom. The zero-order valence-electron chi connectivity index (χ0n) is 17.4. The number of aromatic amines is 2. The lowest BCUT2D eigenvalue weighted by molar-refractivity contribution is -0.0554. The topological polar surface area (TPSA) is 130 Å². The summed E-state index contributed by atoms with van der Waals surface area (Å²) in [4.78, 5) is 33.6. The molecule has 2 N–H and O–H groups in total. The van der Waals surface area contributed by atoms with Crippen molar-refractivity contribution in [3.8, 4) is 21.3 Å². The maximum atomic E-state index is 14.3. The summed E-state index contributed by atoms with van der Waals surface area (Å²) < 4.78 is 20.0. The van der Waals surface area contributed by atoms with Crippen LogP contribution in [0.1, 0.15) is 25.0 Å². The molecule has 4 aromatic rings. The molecule has 0 spiro atoms. The van der Waals surface area contributed by atoms with Crippen molar-refractivity contribution in [1.82, 2.24) is 30.4 Å². The lowest BCUT2D eigenvalue weighted by Gasteiger charge is -2.41. The summed E-state index contributed by atoms with van der Waals surface area (Å²) in [6.07, 6.45) is 2.65. The van der Waals surface area contributed by atoms with Gasteiger partial charge in [0.25, 0.3) is 0 Å². The standard InChI is InChI=1S/C21H18FN7O3S/c1-29(20(31)32-21(9-3-10-21)17-12(22)4-2-11-23-17)16-8-5-13(25-26-16)14-6-7-15(33-14)18-24-19(30)28-27-18/h2,4-8,11H,3,9-10H2,1H3,(H2,24,27,28,30). The number of hydrogen-bond donors (Lipinski definition) is 2. The first kappa shape index (κ1) is 20.9. The van der Waals surface area contributed by atoms with Gasteiger partial charge in [0.05, 0.1) is 9.75 Å². The quantitative estimate of drug-likeness (QED) is 0.460. The molecular weight excluding hydrogens is 449 g/mol. The Bertz CT molecular complexity index is 1360. The summed E-state index contributed by atoms with van der Waals surface area (Å²) in [5.41, 5.74) is -0.703. The van der Waals surface area contributed by atoms with E-state index in [1.54, 1.807) is 12.1 Å². The van der Waals surface area contributed by atoms with E-state index in [2.05, 4.69) is 30.4 Å². The molecule has 33 heavy (non-hydrogen) atoms. The number of carbonyl (C=O) groups excluding carboxylic acids is 1. The van der Waals surface area contributed by atoms with Crippen molar-refractivity contribution in [1.29, 1.82) is 0 Å². The minimum Gasteiger partial charge on any atom is -0.436 e. The third-order valence-corrected chi connectivity index (χ3v) is 6.61. The molecule has 5 rings (SSSR count). The first-order chi connectivity index (χ1) is 15.9.